The summed E-state index contributed by atoms with van der Waals surface area (Å²) in [6.45, 7) is 2.34. The van der Waals surface area contributed by atoms with E-state index in [9.17, 15) is 14.4 Å². The lowest BCUT2D eigenvalue weighted by molar-refractivity contribution is -0.118. The lowest BCUT2D eigenvalue weighted by Gasteiger charge is -2.28. The molecule has 0 saturated carbocycles. The van der Waals surface area contributed by atoms with Crippen LogP contribution in [0.15, 0.2) is 108 Å². The number of carbonyl (C=O) groups is 2. The normalized spacial score (nSPS) is 11.7. The topological polar surface area (TPSA) is 122 Å². The van der Waals surface area contributed by atoms with Crippen LogP contribution in [0.25, 0.3) is 11.1 Å². The number of aryl methyl sites for hydroxylation is 1. The summed E-state index contributed by atoms with van der Waals surface area (Å²) < 4.78 is 16.7. The SMILES string of the molecule is CCn1nccc1C(=O)N[C@H](C(=O)Nc1ccc(-c2cn[nH]c(=O)c2)c(F)c1)C(c1ccccc1)c1ccccc1. The third-order valence-corrected chi connectivity index (χ3v) is 6.68. The van der Waals surface area contributed by atoms with Crippen molar-refractivity contribution in [2.75, 3.05) is 5.32 Å². The Balaban J connectivity index is 1.51. The number of carbonyl (C=O) groups excluding carboxylic acids is 2. The van der Waals surface area contributed by atoms with Gasteiger partial charge in [0.05, 0.1) is 6.20 Å². The van der Waals surface area contributed by atoms with Gasteiger partial charge in [0.2, 0.25) is 5.91 Å². The largest absolute Gasteiger partial charge is 0.338 e. The molecule has 206 valence electrons. The van der Waals surface area contributed by atoms with Crippen LogP contribution in [0.4, 0.5) is 10.1 Å². The van der Waals surface area contributed by atoms with Gasteiger partial charge >= 0.3 is 0 Å². The van der Waals surface area contributed by atoms with Gasteiger partial charge in [0.15, 0.2) is 0 Å². The highest BCUT2D eigenvalue weighted by atomic mass is 19.1. The van der Waals surface area contributed by atoms with Gasteiger partial charge in [0.1, 0.15) is 17.6 Å². The van der Waals surface area contributed by atoms with Gasteiger partial charge in [-0.15, -0.1) is 0 Å². The number of nitrogens with one attached hydrogen (secondary N) is 3. The molecule has 0 saturated heterocycles. The summed E-state index contributed by atoms with van der Waals surface area (Å²) >= 11 is 0. The number of benzene rings is 3. The molecule has 2 aromatic heterocycles. The third kappa shape index (κ3) is 6.11. The number of rotatable bonds is 9. The van der Waals surface area contributed by atoms with Crippen LogP contribution >= 0.6 is 0 Å². The second kappa shape index (κ2) is 12.2. The van der Waals surface area contributed by atoms with E-state index in [-0.39, 0.29) is 11.3 Å². The van der Waals surface area contributed by atoms with Crippen molar-refractivity contribution < 1.29 is 14.0 Å². The second-order valence-corrected chi connectivity index (χ2v) is 9.30. The monoisotopic (exact) mass is 550 g/mol. The van der Waals surface area contributed by atoms with Crippen molar-refractivity contribution in [3.8, 4) is 11.1 Å². The standard InChI is InChI=1S/C31H27FN6O3/c1-2-38-26(15-16-34-38)30(40)36-29(28(20-9-5-3-6-10-20)21-11-7-4-8-12-21)31(41)35-23-13-14-24(25(32)18-23)22-17-27(39)37-33-19-22/h3-19,28-29H,2H2,1H3,(H,35,41)(H,36,40)(H,37,39)/t29-/m0/s1. The molecular formula is C31H27FN6O3. The van der Waals surface area contributed by atoms with Crippen molar-refractivity contribution in [2.24, 2.45) is 0 Å². The molecule has 0 radical (unpaired) electrons. The molecule has 0 fully saturated rings. The lowest BCUT2D eigenvalue weighted by atomic mass is 9.84. The average molecular weight is 551 g/mol. The molecule has 9 nitrogen and oxygen atoms in total. The first-order chi connectivity index (χ1) is 19.9. The molecule has 0 aliphatic rings. The van der Waals surface area contributed by atoms with Gasteiger partial charge in [0.25, 0.3) is 11.5 Å². The van der Waals surface area contributed by atoms with Crippen LogP contribution < -0.4 is 16.2 Å². The Hall–Kier alpha value is -5.38. The Morgan fingerprint density at radius 3 is 2.24 bits per heavy atom. The van der Waals surface area contributed by atoms with Gasteiger partial charge < -0.3 is 10.6 Å². The summed E-state index contributed by atoms with van der Waals surface area (Å²) in [5.41, 5.74) is 2.12. The molecule has 10 heteroatoms. The van der Waals surface area contributed by atoms with E-state index in [1.54, 1.807) is 10.7 Å². The summed E-state index contributed by atoms with van der Waals surface area (Å²) in [4.78, 5) is 39.0. The molecule has 41 heavy (non-hydrogen) atoms. The maximum atomic E-state index is 15.1. The third-order valence-electron chi connectivity index (χ3n) is 6.68. The number of anilines is 1. The summed E-state index contributed by atoms with van der Waals surface area (Å²) in [6.07, 6.45) is 2.87. The molecule has 5 rings (SSSR count). The van der Waals surface area contributed by atoms with Gasteiger partial charge in [-0.3, -0.25) is 19.1 Å². The zero-order valence-electron chi connectivity index (χ0n) is 22.1. The quantitative estimate of drug-likeness (QED) is 0.252. The van der Waals surface area contributed by atoms with E-state index in [1.165, 1.54) is 36.7 Å². The van der Waals surface area contributed by atoms with E-state index in [0.717, 1.165) is 11.1 Å². The first-order valence-corrected chi connectivity index (χ1v) is 13.0. The van der Waals surface area contributed by atoms with Crippen LogP contribution in [0.3, 0.4) is 0 Å². The maximum Gasteiger partial charge on any atom is 0.270 e. The fraction of sp³-hybridized carbons (Fsp3) is 0.129. The maximum absolute atomic E-state index is 15.1. The van der Waals surface area contributed by atoms with Crippen LogP contribution in [0.5, 0.6) is 0 Å². The van der Waals surface area contributed by atoms with Gasteiger partial charge in [-0.2, -0.15) is 10.2 Å². The molecule has 0 unspecified atom stereocenters. The molecule has 2 heterocycles. The van der Waals surface area contributed by atoms with E-state index < -0.39 is 35.2 Å². The van der Waals surface area contributed by atoms with Gasteiger partial charge in [-0.1, -0.05) is 60.7 Å². The van der Waals surface area contributed by atoms with Crippen molar-refractivity contribution in [3.63, 3.8) is 0 Å². The van der Waals surface area contributed by atoms with Crippen LogP contribution in [0.1, 0.15) is 34.5 Å². The fourth-order valence-electron chi connectivity index (χ4n) is 4.76. The van der Waals surface area contributed by atoms with Crippen molar-refractivity contribution in [1.29, 1.82) is 0 Å². The number of hydrogen-bond acceptors (Lipinski definition) is 5. The number of halogens is 1. The predicted molar refractivity (Wildman–Crippen MR) is 153 cm³/mol. The minimum Gasteiger partial charge on any atom is -0.338 e. The van der Waals surface area contributed by atoms with E-state index in [4.69, 9.17) is 0 Å². The van der Waals surface area contributed by atoms with Crippen LogP contribution in [-0.2, 0) is 11.3 Å². The van der Waals surface area contributed by atoms with E-state index in [0.29, 0.717) is 17.8 Å². The molecule has 0 aliphatic carbocycles. The van der Waals surface area contributed by atoms with Crippen molar-refractivity contribution >= 4 is 17.5 Å². The fourth-order valence-corrected chi connectivity index (χ4v) is 4.76. The molecule has 3 aromatic carbocycles. The molecule has 0 aliphatic heterocycles. The number of H-pyrrole nitrogens is 1. The average Bonchev–Trinajstić information content (AvgIpc) is 3.47. The van der Waals surface area contributed by atoms with Crippen LogP contribution in [0.2, 0.25) is 0 Å². The highest BCUT2D eigenvalue weighted by molar-refractivity contribution is 6.01. The molecular weight excluding hydrogens is 523 g/mol. The molecule has 0 bridgehead atoms. The molecule has 1 atom stereocenters. The zero-order chi connectivity index (χ0) is 28.8. The summed E-state index contributed by atoms with van der Waals surface area (Å²) in [5, 5.41) is 15.8. The Kier molecular flexibility index (Phi) is 8.10. The Bertz CT molecular complexity index is 1680. The minimum absolute atomic E-state index is 0.158. The van der Waals surface area contributed by atoms with E-state index in [2.05, 4.69) is 25.9 Å². The van der Waals surface area contributed by atoms with Crippen molar-refractivity contribution in [3.05, 3.63) is 136 Å². The predicted octanol–water partition coefficient (Wildman–Crippen LogP) is 4.36. The van der Waals surface area contributed by atoms with E-state index >= 15 is 4.39 Å². The van der Waals surface area contributed by atoms with Gasteiger partial charge in [-0.25, -0.2) is 9.49 Å². The second-order valence-electron chi connectivity index (χ2n) is 9.30. The number of nitrogens with zero attached hydrogens (tertiary/aromatic N) is 3. The summed E-state index contributed by atoms with van der Waals surface area (Å²) in [5.74, 6) is -2.22. The number of aromatic amines is 1. The number of hydrogen-bond donors (Lipinski definition) is 3. The number of aromatic nitrogens is 4. The van der Waals surface area contributed by atoms with Crippen LogP contribution in [0, 0.1) is 5.82 Å². The first-order valence-electron chi connectivity index (χ1n) is 13.0. The smallest absolute Gasteiger partial charge is 0.270 e. The minimum atomic E-state index is -1.08. The molecule has 3 N–H and O–H groups in total. The van der Waals surface area contributed by atoms with Gasteiger partial charge in [-0.05, 0) is 42.3 Å². The highest BCUT2D eigenvalue weighted by Gasteiger charge is 2.33. The Morgan fingerprint density at radius 1 is 0.951 bits per heavy atom. The first kappa shape index (κ1) is 27.2. The van der Waals surface area contributed by atoms with Crippen molar-refractivity contribution in [1.82, 2.24) is 25.3 Å². The lowest BCUT2D eigenvalue weighted by Crippen LogP contribution is -2.48. The highest BCUT2D eigenvalue weighted by Crippen LogP contribution is 2.30. The zero-order valence-corrected chi connectivity index (χ0v) is 22.1. The van der Waals surface area contributed by atoms with E-state index in [1.807, 2.05) is 67.6 Å². The van der Waals surface area contributed by atoms with Crippen LogP contribution in [-0.4, -0.2) is 37.8 Å². The Morgan fingerprint density at radius 2 is 1.63 bits per heavy atom. The molecule has 2 amide bonds. The van der Waals surface area contributed by atoms with Gasteiger partial charge in [0, 0.05) is 41.5 Å². The summed E-state index contributed by atoms with van der Waals surface area (Å²) in [7, 11) is 0. The summed E-state index contributed by atoms with van der Waals surface area (Å²) in [6, 6.07) is 24.7. The number of amides is 2. The molecule has 0 spiro atoms. The molecule has 5 aromatic rings. The van der Waals surface area contributed by atoms with Crippen molar-refractivity contribution in [2.45, 2.75) is 25.4 Å². The Labute approximate surface area is 235 Å².